The van der Waals surface area contributed by atoms with Gasteiger partial charge in [0.1, 0.15) is 16.5 Å². The molecule has 0 aliphatic carbocycles. The van der Waals surface area contributed by atoms with Gasteiger partial charge in [-0.1, -0.05) is 18.2 Å². The monoisotopic (exact) mass is 457 g/mol. The molecule has 1 saturated heterocycles. The lowest BCUT2D eigenvalue weighted by molar-refractivity contribution is 0.0693. The summed E-state index contributed by atoms with van der Waals surface area (Å²) in [5, 5.41) is 2.51. The van der Waals surface area contributed by atoms with Crippen LogP contribution in [0.2, 0.25) is 0 Å². The van der Waals surface area contributed by atoms with E-state index in [4.69, 9.17) is 4.74 Å². The van der Waals surface area contributed by atoms with Crippen LogP contribution in [0, 0.1) is 0 Å². The van der Waals surface area contributed by atoms with Crippen LogP contribution in [0.25, 0.3) is 10.6 Å². The van der Waals surface area contributed by atoms with Crippen molar-refractivity contribution in [2.75, 3.05) is 32.8 Å². The zero-order valence-corrected chi connectivity index (χ0v) is 18.7. The van der Waals surface area contributed by atoms with Gasteiger partial charge in [0.15, 0.2) is 0 Å². The third kappa shape index (κ3) is 4.63. The molecule has 0 bridgehead atoms. The van der Waals surface area contributed by atoms with Crippen LogP contribution >= 0.6 is 11.3 Å². The van der Waals surface area contributed by atoms with Gasteiger partial charge in [0.2, 0.25) is 10.0 Å². The van der Waals surface area contributed by atoms with E-state index in [9.17, 15) is 13.2 Å². The highest BCUT2D eigenvalue weighted by atomic mass is 32.2. The molecule has 4 rings (SSSR count). The molecule has 1 aliphatic rings. The van der Waals surface area contributed by atoms with Gasteiger partial charge in [0.25, 0.3) is 5.91 Å². The van der Waals surface area contributed by atoms with E-state index in [1.807, 2.05) is 31.2 Å². The average molecular weight is 458 g/mol. The fraction of sp³-hybridized carbons (Fsp3) is 0.273. The van der Waals surface area contributed by atoms with E-state index >= 15 is 0 Å². The minimum atomic E-state index is -3.54. The first kappa shape index (κ1) is 21.5. The van der Waals surface area contributed by atoms with Crippen LogP contribution in [0.4, 0.5) is 0 Å². The molecule has 1 aliphatic heterocycles. The van der Waals surface area contributed by atoms with Gasteiger partial charge in [-0.25, -0.2) is 13.4 Å². The van der Waals surface area contributed by atoms with E-state index in [-0.39, 0.29) is 23.9 Å². The van der Waals surface area contributed by atoms with Gasteiger partial charge in [0.05, 0.1) is 11.5 Å². The van der Waals surface area contributed by atoms with Crippen LogP contribution in [0.15, 0.2) is 64.9 Å². The molecule has 0 saturated carbocycles. The molecular weight excluding hydrogens is 434 g/mol. The number of carbonyl (C=O) groups excluding carboxylic acids is 1. The lowest BCUT2D eigenvalue weighted by Gasteiger charge is -2.33. The predicted molar refractivity (Wildman–Crippen MR) is 120 cm³/mol. The number of nitrogens with zero attached hydrogens (tertiary/aromatic N) is 3. The fourth-order valence-electron chi connectivity index (χ4n) is 3.40. The number of amides is 1. The summed E-state index contributed by atoms with van der Waals surface area (Å²) in [7, 11) is -3.54. The normalized spacial score (nSPS) is 15.1. The Bertz CT molecular complexity index is 1140. The molecular formula is C22H23N3O4S2. The molecule has 0 atom stereocenters. The maximum absolute atomic E-state index is 12.9. The Morgan fingerprint density at radius 1 is 1.03 bits per heavy atom. The molecule has 0 spiro atoms. The fourth-order valence-corrected chi connectivity index (χ4v) is 5.64. The number of aromatic nitrogens is 1. The first-order valence-electron chi connectivity index (χ1n) is 10.0. The maximum Gasteiger partial charge on any atom is 0.273 e. The zero-order chi connectivity index (χ0) is 21.8. The third-order valence-electron chi connectivity index (χ3n) is 5.04. The Morgan fingerprint density at radius 2 is 1.71 bits per heavy atom. The molecule has 1 fully saturated rings. The highest BCUT2D eigenvalue weighted by molar-refractivity contribution is 7.89. The number of hydrogen-bond acceptors (Lipinski definition) is 6. The first-order chi connectivity index (χ1) is 15.0. The van der Waals surface area contributed by atoms with Crippen LogP contribution in [-0.4, -0.2) is 61.3 Å². The van der Waals surface area contributed by atoms with Gasteiger partial charge in [-0.15, -0.1) is 11.3 Å². The molecule has 2 aromatic carbocycles. The Balaban J connectivity index is 1.40. The quantitative estimate of drug-likeness (QED) is 0.567. The van der Waals surface area contributed by atoms with Gasteiger partial charge in [-0.05, 0) is 43.3 Å². The zero-order valence-electron chi connectivity index (χ0n) is 17.1. The van der Waals surface area contributed by atoms with Crippen molar-refractivity contribution in [1.29, 1.82) is 0 Å². The van der Waals surface area contributed by atoms with Crippen molar-refractivity contribution >= 4 is 27.3 Å². The predicted octanol–water partition coefficient (Wildman–Crippen LogP) is 3.36. The number of piperazine rings is 1. The number of ether oxygens (including phenoxy) is 1. The largest absolute Gasteiger partial charge is 0.494 e. The van der Waals surface area contributed by atoms with Gasteiger partial charge in [-0.3, -0.25) is 4.79 Å². The number of rotatable bonds is 6. The number of benzene rings is 2. The van der Waals surface area contributed by atoms with E-state index < -0.39 is 10.0 Å². The summed E-state index contributed by atoms with van der Waals surface area (Å²) in [5.41, 5.74) is 1.31. The van der Waals surface area contributed by atoms with E-state index in [2.05, 4.69) is 4.98 Å². The molecule has 0 N–H and O–H groups in total. The summed E-state index contributed by atoms with van der Waals surface area (Å²) < 4.78 is 32.4. The smallest absolute Gasteiger partial charge is 0.273 e. The summed E-state index contributed by atoms with van der Waals surface area (Å²) in [6.45, 7) is 3.73. The van der Waals surface area contributed by atoms with Gasteiger partial charge in [-0.2, -0.15) is 4.31 Å². The van der Waals surface area contributed by atoms with Crippen LogP contribution < -0.4 is 4.74 Å². The van der Waals surface area contributed by atoms with Crippen molar-refractivity contribution in [3.8, 4) is 16.3 Å². The molecule has 162 valence electrons. The number of hydrogen-bond donors (Lipinski definition) is 0. The van der Waals surface area contributed by atoms with Crippen molar-refractivity contribution in [1.82, 2.24) is 14.2 Å². The molecule has 3 aromatic rings. The SMILES string of the molecule is CCOc1ccc(-c2nc(C(=O)N3CCN(S(=O)(=O)c4ccccc4)CC3)cs2)cc1. The minimum absolute atomic E-state index is 0.176. The van der Waals surface area contributed by atoms with Crippen molar-refractivity contribution in [3.05, 3.63) is 65.7 Å². The van der Waals surface area contributed by atoms with E-state index in [0.29, 0.717) is 25.4 Å². The summed E-state index contributed by atoms with van der Waals surface area (Å²) in [6.07, 6.45) is 0. The maximum atomic E-state index is 12.9. The molecule has 7 nitrogen and oxygen atoms in total. The van der Waals surface area contributed by atoms with Crippen molar-refractivity contribution in [3.63, 3.8) is 0 Å². The van der Waals surface area contributed by atoms with E-state index in [1.54, 1.807) is 40.6 Å². The Labute approximate surface area is 186 Å². The highest BCUT2D eigenvalue weighted by Crippen LogP contribution is 2.27. The third-order valence-corrected chi connectivity index (χ3v) is 7.85. The van der Waals surface area contributed by atoms with Crippen molar-refractivity contribution in [2.45, 2.75) is 11.8 Å². The molecule has 9 heteroatoms. The van der Waals surface area contributed by atoms with Gasteiger partial charge in [0, 0.05) is 37.1 Å². The first-order valence-corrected chi connectivity index (χ1v) is 12.3. The van der Waals surface area contributed by atoms with Gasteiger partial charge >= 0.3 is 0 Å². The van der Waals surface area contributed by atoms with Crippen LogP contribution in [0.1, 0.15) is 17.4 Å². The molecule has 0 unspecified atom stereocenters. The lowest BCUT2D eigenvalue weighted by Crippen LogP contribution is -2.50. The average Bonchev–Trinajstić information content (AvgIpc) is 3.30. The summed E-state index contributed by atoms with van der Waals surface area (Å²) in [5.74, 6) is 0.618. The van der Waals surface area contributed by atoms with Crippen molar-refractivity contribution in [2.24, 2.45) is 0 Å². The second kappa shape index (κ2) is 9.17. The van der Waals surface area contributed by atoms with Gasteiger partial charge < -0.3 is 9.64 Å². The highest BCUT2D eigenvalue weighted by Gasteiger charge is 2.31. The topological polar surface area (TPSA) is 79.8 Å². The molecule has 1 amide bonds. The second-order valence-electron chi connectivity index (χ2n) is 7.00. The second-order valence-corrected chi connectivity index (χ2v) is 9.80. The molecule has 1 aromatic heterocycles. The summed E-state index contributed by atoms with van der Waals surface area (Å²) in [6, 6.07) is 16.0. The van der Waals surface area contributed by atoms with Crippen molar-refractivity contribution < 1.29 is 17.9 Å². The number of carbonyl (C=O) groups is 1. The Kier molecular flexibility index (Phi) is 6.35. The van der Waals surface area contributed by atoms with E-state index in [0.717, 1.165) is 16.3 Å². The Morgan fingerprint density at radius 3 is 2.35 bits per heavy atom. The number of thiazole rings is 1. The summed E-state index contributed by atoms with van der Waals surface area (Å²) in [4.78, 5) is 19.3. The Hall–Kier alpha value is -2.75. The molecule has 2 heterocycles. The van der Waals surface area contributed by atoms with Crippen LogP contribution in [-0.2, 0) is 10.0 Å². The lowest BCUT2D eigenvalue weighted by atomic mass is 10.2. The summed E-state index contributed by atoms with van der Waals surface area (Å²) >= 11 is 1.41. The minimum Gasteiger partial charge on any atom is -0.494 e. The number of sulfonamides is 1. The molecule has 31 heavy (non-hydrogen) atoms. The van der Waals surface area contributed by atoms with Crippen LogP contribution in [0.5, 0.6) is 5.75 Å². The standard InChI is InChI=1S/C22H23N3O4S2/c1-2-29-18-10-8-17(9-11-18)21-23-20(16-30-21)22(26)24-12-14-25(15-13-24)31(27,28)19-6-4-3-5-7-19/h3-11,16H,2,12-15H2,1H3. The molecule has 0 radical (unpaired) electrons. The van der Waals surface area contributed by atoms with E-state index in [1.165, 1.54) is 15.6 Å². The van der Waals surface area contributed by atoms with Crippen LogP contribution in [0.3, 0.4) is 0 Å².